The third-order valence-electron chi connectivity index (χ3n) is 11.0. The van der Waals surface area contributed by atoms with Crippen LogP contribution in [-0.2, 0) is 6.54 Å². The van der Waals surface area contributed by atoms with Gasteiger partial charge in [-0.3, -0.25) is 9.69 Å². The van der Waals surface area contributed by atoms with Crippen molar-refractivity contribution < 1.29 is 9.90 Å². The number of aliphatic hydroxyl groups is 1. The van der Waals surface area contributed by atoms with Crippen LogP contribution < -0.4 is 16.0 Å². The number of carbonyl (C=O) groups excluding carboxylic acids is 1. The van der Waals surface area contributed by atoms with Crippen molar-refractivity contribution in [2.45, 2.75) is 50.8 Å². The van der Waals surface area contributed by atoms with Gasteiger partial charge in [-0.05, 0) is 110 Å². The molecule has 3 aliphatic rings. The summed E-state index contributed by atoms with van der Waals surface area (Å²) in [4.78, 5) is 31.6. The molecule has 4 N–H and O–H groups in total. The van der Waals surface area contributed by atoms with E-state index >= 15 is 0 Å². The molecule has 2 aliphatic carbocycles. The number of aromatic nitrogens is 3. The van der Waals surface area contributed by atoms with E-state index in [-0.39, 0.29) is 17.4 Å². The normalized spacial score (nSPS) is 21.1. The summed E-state index contributed by atoms with van der Waals surface area (Å²) in [5, 5.41) is 20.2. The molecule has 3 fully saturated rings. The number of nitrogens with one attached hydrogen (secondary N) is 3. The molecule has 10 heteroatoms. The highest BCUT2D eigenvalue weighted by molar-refractivity contribution is 6.04. The smallest absolute Gasteiger partial charge is 0.255 e. The monoisotopic (exact) mass is 718 g/mol. The van der Waals surface area contributed by atoms with Crippen LogP contribution in [0.15, 0.2) is 103 Å². The van der Waals surface area contributed by atoms with Crippen molar-refractivity contribution >= 4 is 29.0 Å². The Balaban J connectivity index is 0.954. The lowest BCUT2D eigenvalue weighted by atomic mass is 9.84. The van der Waals surface area contributed by atoms with Crippen molar-refractivity contribution in [2.75, 3.05) is 49.2 Å². The molecule has 3 aromatic carbocycles. The molecule has 0 radical (unpaired) electrons. The SMILES string of the molecule is CN1CCN(Cc2ccc(-c3cnc(Nc4ccc(C#Cc5cc(NC(=O)c6ccccc6)ccn5)cc4)nc3NC3CC34CCC(O)CC4)cc2)CC1. The van der Waals surface area contributed by atoms with Crippen LogP contribution in [0.25, 0.3) is 11.1 Å². The number of carbonyl (C=O) groups is 1. The van der Waals surface area contributed by atoms with Gasteiger partial charge in [0, 0.05) is 79.2 Å². The van der Waals surface area contributed by atoms with Crippen LogP contribution in [0.3, 0.4) is 0 Å². The van der Waals surface area contributed by atoms with Crippen molar-refractivity contribution in [3.63, 3.8) is 0 Å². The molecule has 3 heterocycles. The fourth-order valence-corrected chi connectivity index (χ4v) is 7.54. The van der Waals surface area contributed by atoms with E-state index < -0.39 is 0 Å². The number of hydrogen-bond acceptors (Lipinski definition) is 9. The van der Waals surface area contributed by atoms with Crippen LogP contribution in [-0.4, -0.2) is 81.1 Å². The average Bonchev–Trinajstić information content (AvgIpc) is 3.87. The maximum absolute atomic E-state index is 12.6. The van der Waals surface area contributed by atoms with Gasteiger partial charge in [0.1, 0.15) is 11.5 Å². The topological polar surface area (TPSA) is 119 Å². The van der Waals surface area contributed by atoms with Crippen LogP contribution >= 0.6 is 0 Å². The zero-order chi connectivity index (χ0) is 36.9. The molecule has 8 rings (SSSR count). The van der Waals surface area contributed by atoms with Gasteiger partial charge >= 0.3 is 0 Å². The molecule has 1 amide bonds. The molecule has 1 saturated heterocycles. The Morgan fingerprint density at radius 3 is 2.41 bits per heavy atom. The van der Waals surface area contributed by atoms with Crippen molar-refractivity contribution in [3.05, 3.63) is 126 Å². The first-order chi connectivity index (χ1) is 26.4. The lowest BCUT2D eigenvalue weighted by Gasteiger charge is -2.32. The molecule has 274 valence electrons. The zero-order valence-corrected chi connectivity index (χ0v) is 30.6. The van der Waals surface area contributed by atoms with E-state index in [1.54, 1.807) is 30.5 Å². The molecular formula is C44H46N8O2. The van der Waals surface area contributed by atoms with Crippen LogP contribution in [0.1, 0.15) is 59.3 Å². The van der Waals surface area contributed by atoms with Crippen molar-refractivity contribution in [1.82, 2.24) is 24.8 Å². The predicted molar refractivity (Wildman–Crippen MR) is 214 cm³/mol. The molecule has 1 aliphatic heterocycles. The van der Waals surface area contributed by atoms with Crippen LogP contribution in [0.2, 0.25) is 0 Å². The van der Waals surface area contributed by atoms with Gasteiger partial charge in [-0.2, -0.15) is 4.98 Å². The molecule has 0 bridgehead atoms. The second-order valence-electron chi connectivity index (χ2n) is 14.9. The highest BCUT2D eigenvalue weighted by atomic mass is 16.3. The number of piperazine rings is 1. The second-order valence-corrected chi connectivity index (χ2v) is 14.9. The van der Waals surface area contributed by atoms with E-state index in [2.05, 4.69) is 73.9 Å². The number of anilines is 4. The molecule has 54 heavy (non-hydrogen) atoms. The minimum absolute atomic E-state index is 0.175. The Hall–Kier alpha value is -5.60. The van der Waals surface area contributed by atoms with Gasteiger partial charge in [-0.15, -0.1) is 0 Å². The third kappa shape index (κ3) is 8.61. The van der Waals surface area contributed by atoms with E-state index in [0.29, 0.717) is 28.9 Å². The maximum atomic E-state index is 12.6. The average molecular weight is 719 g/mol. The summed E-state index contributed by atoms with van der Waals surface area (Å²) in [6.07, 6.45) is 8.29. The first-order valence-corrected chi connectivity index (χ1v) is 18.9. The molecule has 10 nitrogen and oxygen atoms in total. The summed E-state index contributed by atoms with van der Waals surface area (Å²) >= 11 is 0. The van der Waals surface area contributed by atoms with Gasteiger partial charge in [-0.25, -0.2) is 9.97 Å². The molecule has 2 aromatic heterocycles. The van der Waals surface area contributed by atoms with Gasteiger partial charge in [0.2, 0.25) is 5.95 Å². The van der Waals surface area contributed by atoms with Gasteiger partial charge in [0.25, 0.3) is 5.91 Å². The Labute approximate surface area is 317 Å². The van der Waals surface area contributed by atoms with E-state index in [0.717, 1.165) is 93.0 Å². The number of likely N-dealkylation sites (N-methyl/N-ethyl adjacent to an activating group) is 1. The number of aliphatic hydroxyl groups excluding tert-OH is 1. The van der Waals surface area contributed by atoms with Crippen LogP contribution in [0.5, 0.6) is 0 Å². The van der Waals surface area contributed by atoms with Crippen molar-refractivity contribution in [2.24, 2.45) is 5.41 Å². The Bertz CT molecular complexity index is 2130. The minimum Gasteiger partial charge on any atom is -0.393 e. The number of benzene rings is 3. The van der Waals surface area contributed by atoms with E-state index in [9.17, 15) is 9.90 Å². The lowest BCUT2D eigenvalue weighted by Crippen LogP contribution is -2.43. The number of pyridine rings is 1. The Morgan fingerprint density at radius 2 is 1.65 bits per heavy atom. The van der Waals surface area contributed by atoms with Crippen molar-refractivity contribution in [3.8, 4) is 23.0 Å². The molecule has 1 atom stereocenters. The Kier molecular flexibility index (Phi) is 10.4. The maximum Gasteiger partial charge on any atom is 0.255 e. The minimum atomic E-state index is -0.183. The first-order valence-electron chi connectivity index (χ1n) is 18.9. The summed E-state index contributed by atoms with van der Waals surface area (Å²) < 4.78 is 0. The Morgan fingerprint density at radius 1 is 0.889 bits per heavy atom. The van der Waals surface area contributed by atoms with Gasteiger partial charge in [0.05, 0.1) is 6.10 Å². The van der Waals surface area contributed by atoms with Crippen LogP contribution in [0.4, 0.5) is 23.1 Å². The summed E-state index contributed by atoms with van der Waals surface area (Å²) in [5.41, 5.74) is 7.07. The van der Waals surface area contributed by atoms with E-state index in [1.165, 1.54) is 5.56 Å². The summed E-state index contributed by atoms with van der Waals surface area (Å²) in [5.74, 6) is 7.43. The van der Waals surface area contributed by atoms with Crippen molar-refractivity contribution in [1.29, 1.82) is 0 Å². The zero-order valence-electron chi connectivity index (χ0n) is 30.6. The van der Waals surface area contributed by atoms with E-state index in [4.69, 9.17) is 9.97 Å². The lowest BCUT2D eigenvalue weighted by molar-refractivity contribution is 0.101. The molecule has 2 saturated carbocycles. The number of amides is 1. The van der Waals surface area contributed by atoms with Gasteiger partial charge < -0.3 is 26.0 Å². The third-order valence-corrected chi connectivity index (χ3v) is 11.0. The number of rotatable bonds is 9. The molecule has 1 unspecified atom stereocenters. The predicted octanol–water partition coefficient (Wildman–Crippen LogP) is 6.79. The fourth-order valence-electron chi connectivity index (χ4n) is 7.54. The largest absolute Gasteiger partial charge is 0.393 e. The fraction of sp³-hybridized carbons (Fsp3) is 0.318. The first kappa shape index (κ1) is 35.4. The summed E-state index contributed by atoms with van der Waals surface area (Å²) in [7, 11) is 2.19. The van der Waals surface area contributed by atoms with E-state index in [1.807, 2.05) is 48.7 Å². The second kappa shape index (κ2) is 15.8. The molecule has 5 aromatic rings. The quantitative estimate of drug-likeness (QED) is 0.122. The van der Waals surface area contributed by atoms with Gasteiger partial charge in [0.15, 0.2) is 0 Å². The summed E-state index contributed by atoms with van der Waals surface area (Å²) in [6.45, 7) is 5.36. The summed E-state index contributed by atoms with van der Waals surface area (Å²) in [6, 6.07) is 29.6. The molecule has 1 spiro atoms. The highest BCUT2D eigenvalue weighted by Gasteiger charge is 2.55. The highest BCUT2D eigenvalue weighted by Crippen LogP contribution is 2.57. The number of hydrogen-bond donors (Lipinski definition) is 4. The number of nitrogens with zero attached hydrogens (tertiary/aromatic N) is 5. The molecular weight excluding hydrogens is 673 g/mol. The van der Waals surface area contributed by atoms with Crippen LogP contribution in [0, 0.1) is 17.3 Å². The van der Waals surface area contributed by atoms with Gasteiger partial charge in [-0.1, -0.05) is 48.4 Å². The standard InChI is InChI=1S/C44H46N8O2/c1-51-23-25-52(26-24-51)30-32-7-12-33(13-8-32)39-29-46-43(50-41(39)49-40-28-44(40)20-17-38(53)18-21-44)48-35-14-9-31(10-15-35)11-16-36-27-37(19-22-45-36)47-42(54)34-5-3-2-4-6-34/h2-10,12-15,19,22,27,29,38,40,53H,17-18,20-21,23-26,28,30H2,1H3,(H,45,47,54)(H2,46,48,49,50).